The maximum absolute atomic E-state index is 5.41. The zero-order valence-corrected chi connectivity index (χ0v) is 17.2. The van der Waals surface area contributed by atoms with Gasteiger partial charge in [0.1, 0.15) is 11.6 Å². The van der Waals surface area contributed by atoms with Gasteiger partial charge in [-0.2, -0.15) is 4.98 Å². The Balaban J connectivity index is 1.33. The highest BCUT2D eigenvalue weighted by Gasteiger charge is 2.20. The highest BCUT2D eigenvalue weighted by atomic mass is 16.5. The second-order valence-electron chi connectivity index (χ2n) is 7.76. The Kier molecular flexibility index (Phi) is 5.19. The molecule has 30 heavy (non-hydrogen) atoms. The summed E-state index contributed by atoms with van der Waals surface area (Å²) in [4.78, 5) is 18.3. The Morgan fingerprint density at radius 3 is 2.70 bits per heavy atom. The summed E-state index contributed by atoms with van der Waals surface area (Å²) in [5, 5.41) is 3.29. The second-order valence-corrected chi connectivity index (χ2v) is 7.76. The molecule has 0 bridgehead atoms. The number of fused-ring (bicyclic) bond motifs is 1. The molecular weight excluding hydrogens is 376 g/mol. The van der Waals surface area contributed by atoms with E-state index < -0.39 is 0 Å². The third-order valence-electron chi connectivity index (χ3n) is 5.61. The summed E-state index contributed by atoms with van der Waals surface area (Å²) in [5.74, 6) is 2.46. The quantitative estimate of drug-likeness (QED) is 0.711. The van der Waals surface area contributed by atoms with Crippen molar-refractivity contribution in [1.29, 1.82) is 0 Å². The minimum absolute atomic E-state index is 0.577. The minimum atomic E-state index is 0.577. The fourth-order valence-electron chi connectivity index (χ4n) is 4.09. The van der Waals surface area contributed by atoms with Crippen molar-refractivity contribution >= 4 is 29.0 Å². The van der Waals surface area contributed by atoms with Crippen molar-refractivity contribution in [2.24, 2.45) is 0 Å². The first-order chi connectivity index (χ1) is 14.8. The van der Waals surface area contributed by atoms with E-state index in [4.69, 9.17) is 9.72 Å². The third-order valence-corrected chi connectivity index (χ3v) is 5.61. The van der Waals surface area contributed by atoms with Gasteiger partial charge in [-0.3, -0.25) is 0 Å². The maximum Gasteiger partial charge on any atom is 0.229 e. The van der Waals surface area contributed by atoms with Gasteiger partial charge in [0.15, 0.2) is 0 Å². The lowest BCUT2D eigenvalue weighted by Gasteiger charge is -2.30. The molecule has 0 atom stereocenters. The van der Waals surface area contributed by atoms with Gasteiger partial charge in [-0.05, 0) is 49.6 Å². The SMILES string of the molecule is Cc1ccc2c(c1)CCCN2c1ccnc(Nc2ccc(N3CCOCC3)nc2)n1. The summed E-state index contributed by atoms with van der Waals surface area (Å²) in [6, 6.07) is 12.7. The lowest BCUT2D eigenvalue weighted by molar-refractivity contribution is 0.122. The van der Waals surface area contributed by atoms with Crippen molar-refractivity contribution < 1.29 is 4.74 Å². The molecule has 0 radical (unpaired) electrons. The number of morpholine rings is 1. The molecule has 1 fully saturated rings. The molecule has 7 nitrogen and oxygen atoms in total. The predicted octanol–water partition coefficient (Wildman–Crippen LogP) is 3.84. The first-order valence-electron chi connectivity index (χ1n) is 10.5. The zero-order valence-electron chi connectivity index (χ0n) is 17.2. The molecule has 0 saturated carbocycles. The average Bonchev–Trinajstić information content (AvgIpc) is 2.80. The van der Waals surface area contributed by atoms with Crippen molar-refractivity contribution in [3.63, 3.8) is 0 Å². The first-order valence-corrected chi connectivity index (χ1v) is 10.5. The lowest BCUT2D eigenvalue weighted by Crippen LogP contribution is -2.36. The number of hydrogen-bond donors (Lipinski definition) is 1. The van der Waals surface area contributed by atoms with Gasteiger partial charge in [0.2, 0.25) is 5.95 Å². The molecule has 2 aliphatic rings. The number of aromatic nitrogens is 3. The lowest BCUT2D eigenvalue weighted by atomic mass is 9.99. The number of ether oxygens (including phenoxy) is 1. The summed E-state index contributed by atoms with van der Waals surface area (Å²) >= 11 is 0. The van der Waals surface area contributed by atoms with E-state index in [-0.39, 0.29) is 0 Å². The van der Waals surface area contributed by atoms with Crippen molar-refractivity contribution in [2.75, 3.05) is 48.0 Å². The Morgan fingerprint density at radius 2 is 1.87 bits per heavy atom. The van der Waals surface area contributed by atoms with Crippen LogP contribution < -0.4 is 15.1 Å². The van der Waals surface area contributed by atoms with E-state index in [2.05, 4.69) is 50.2 Å². The van der Waals surface area contributed by atoms with E-state index in [0.29, 0.717) is 5.95 Å². The molecule has 0 amide bonds. The molecule has 1 saturated heterocycles. The van der Waals surface area contributed by atoms with Crippen LogP contribution in [0.25, 0.3) is 0 Å². The molecule has 154 valence electrons. The van der Waals surface area contributed by atoms with Crippen molar-refractivity contribution in [3.8, 4) is 0 Å². The van der Waals surface area contributed by atoms with E-state index >= 15 is 0 Å². The standard InChI is InChI=1S/C23H26N6O/c1-17-4-6-20-18(15-17)3-2-10-29(20)22-8-9-24-23(27-22)26-19-5-7-21(25-16-19)28-11-13-30-14-12-28/h4-9,15-16H,2-3,10-14H2,1H3,(H,24,26,27). The number of aryl methyl sites for hydroxylation is 2. The van der Waals surface area contributed by atoms with Gasteiger partial charge in [0.25, 0.3) is 0 Å². The molecule has 2 aromatic heterocycles. The van der Waals surface area contributed by atoms with Gasteiger partial charge in [-0.1, -0.05) is 17.7 Å². The van der Waals surface area contributed by atoms with Gasteiger partial charge in [0.05, 0.1) is 25.1 Å². The molecule has 3 aromatic rings. The summed E-state index contributed by atoms with van der Waals surface area (Å²) < 4.78 is 5.41. The normalized spacial score (nSPS) is 16.3. The number of pyridine rings is 1. The summed E-state index contributed by atoms with van der Waals surface area (Å²) in [6.07, 6.45) is 5.88. The van der Waals surface area contributed by atoms with E-state index in [1.54, 1.807) is 0 Å². The molecule has 1 aromatic carbocycles. The van der Waals surface area contributed by atoms with Gasteiger partial charge >= 0.3 is 0 Å². The number of nitrogens with zero attached hydrogens (tertiary/aromatic N) is 5. The van der Waals surface area contributed by atoms with Gasteiger partial charge < -0.3 is 19.9 Å². The van der Waals surface area contributed by atoms with E-state index in [1.807, 2.05) is 30.6 Å². The Labute approximate surface area is 176 Å². The Hall–Kier alpha value is -3.19. The highest BCUT2D eigenvalue weighted by Crippen LogP contribution is 2.33. The molecule has 0 spiro atoms. The van der Waals surface area contributed by atoms with Crippen molar-refractivity contribution in [2.45, 2.75) is 19.8 Å². The number of rotatable bonds is 4. The predicted molar refractivity (Wildman–Crippen MR) is 119 cm³/mol. The van der Waals surface area contributed by atoms with E-state index in [0.717, 1.165) is 63.0 Å². The Bertz CT molecular complexity index is 1020. The third kappa shape index (κ3) is 3.93. The molecule has 1 N–H and O–H groups in total. The number of anilines is 5. The van der Waals surface area contributed by atoms with E-state index in [1.165, 1.54) is 16.8 Å². The van der Waals surface area contributed by atoms with Crippen LogP contribution in [-0.4, -0.2) is 47.8 Å². The molecule has 0 unspecified atom stereocenters. The largest absolute Gasteiger partial charge is 0.378 e. The first kappa shape index (κ1) is 18.8. The van der Waals surface area contributed by atoms with Crippen LogP contribution in [0, 0.1) is 6.92 Å². The summed E-state index contributed by atoms with van der Waals surface area (Å²) in [6.45, 7) is 6.36. The van der Waals surface area contributed by atoms with Crippen molar-refractivity contribution in [1.82, 2.24) is 15.0 Å². The van der Waals surface area contributed by atoms with Crippen LogP contribution in [0.4, 0.5) is 29.0 Å². The van der Waals surface area contributed by atoms with Crippen LogP contribution in [0.3, 0.4) is 0 Å². The molecular formula is C23H26N6O. The van der Waals surface area contributed by atoms with Crippen LogP contribution in [0.2, 0.25) is 0 Å². The number of hydrogen-bond acceptors (Lipinski definition) is 7. The van der Waals surface area contributed by atoms with Crippen LogP contribution in [0.1, 0.15) is 17.5 Å². The van der Waals surface area contributed by atoms with Crippen LogP contribution >= 0.6 is 0 Å². The minimum Gasteiger partial charge on any atom is -0.378 e. The van der Waals surface area contributed by atoms with Crippen LogP contribution in [-0.2, 0) is 11.2 Å². The monoisotopic (exact) mass is 402 g/mol. The fourth-order valence-corrected chi connectivity index (χ4v) is 4.09. The molecule has 0 aliphatic carbocycles. The molecule has 7 heteroatoms. The molecule has 4 heterocycles. The molecule has 2 aliphatic heterocycles. The fraction of sp³-hybridized carbons (Fsp3) is 0.348. The maximum atomic E-state index is 5.41. The second kappa shape index (κ2) is 8.28. The number of benzene rings is 1. The highest BCUT2D eigenvalue weighted by molar-refractivity contribution is 5.67. The Morgan fingerprint density at radius 1 is 0.967 bits per heavy atom. The van der Waals surface area contributed by atoms with Crippen molar-refractivity contribution in [3.05, 3.63) is 59.9 Å². The van der Waals surface area contributed by atoms with Gasteiger partial charge in [-0.15, -0.1) is 0 Å². The zero-order chi connectivity index (χ0) is 20.3. The number of nitrogens with one attached hydrogen (secondary N) is 1. The van der Waals surface area contributed by atoms with Gasteiger partial charge in [-0.25, -0.2) is 9.97 Å². The van der Waals surface area contributed by atoms with E-state index in [9.17, 15) is 0 Å². The van der Waals surface area contributed by atoms with Gasteiger partial charge in [0, 0.05) is 31.5 Å². The summed E-state index contributed by atoms with van der Waals surface area (Å²) in [5.41, 5.74) is 4.80. The van der Waals surface area contributed by atoms with Crippen LogP contribution in [0.15, 0.2) is 48.8 Å². The topological polar surface area (TPSA) is 66.4 Å². The smallest absolute Gasteiger partial charge is 0.229 e. The van der Waals surface area contributed by atoms with Crippen LogP contribution in [0.5, 0.6) is 0 Å². The average molecular weight is 403 g/mol. The summed E-state index contributed by atoms with van der Waals surface area (Å²) in [7, 11) is 0. The molecule has 5 rings (SSSR count).